The third-order valence-electron chi connectivity index (χ3n) is 5.68. The van der Waals surface area contributed by atoms with Crippen molar-refractivity contribution in [3.8, 4) is 28.5 Å². The van der Waals surface area contributed by atoms with Crippen LogP contribution in [0.15, 0.2) is 51.4 Å². The van der Waals surface area contributed by atoms with Crippen LogP contribution >= 0.6 is 39.1 Å². The maximum absolute atomic E-state index is 6.58. The van der Waals surface area contributed by atoms with Crippen LogP contribution in [0.3, 0.4) is 0 Å². The van der Waals surface area contributed by atoms with E-state index in [0.29, 0.717) is 27.5 Å². The molecule has 0 spiro atoms. The molecule has 32 heavy (non-hydrogen) atoms. The molecule has 0 aliphatic heterocycles. The number of hydrogen-bond acceptors (Lipinski definition) is 4. The summed E-state index contributed by atoms with van der Waals surface area (Å²) in [5.74, 6) is 1.00. The average Bonchev–Trinajstić information content (AvgIpc) is 3.40. The Morgan fingerprint density at radius 2 is 1.75 bits per heavy atom. The largest absolute Gasteiger partial charge is 0.419 e. The molecular formula is C24H23BrCl2N4O. The van der Waals surface area contributed by atoms with Gasteiger partial charge in [-0.25, -0.2) is 4.68 Å². The van der Waals surface area contributed by atoms with Gasteiger partial charge in [-0.15, -0.1) is 10.2 Å². The molecule has 2 heterocycles. The molecule has 2 aromatic heterocycles. The van der Waals surface area contributed by atoms with E-state index in [0.717, 1.165) is 39.8 Å². The normalized spacial score (nSPS) is 11.8. The molecule has 4 aromatic rings. The number of nitrogens with zero attached hydrogens (tertiary/aromatic N) is 4. The predicted octanol–water partition coefficient (Wildman–Crippen LogP) is 7.91. The zero-order chi connectivity index (χ0) is 23.0. The Morgan fingerprint density at radius 3 is 2.38 bits per heavy atom. The van der Waals surface area contributed by atoms with Gasteiger partial charge in [-0.1, -0.05) is 79.0 Å². The van der Waals surface area contributed by atoms with Crippen LogP contribution in [0.1, 0.15) is 45.6 Å². The van der Waals surface area contributed by atoms with E-state index in [1.54, 1.807) is 12.1 Å². The van der Waals surface area contributed by atoms with Gasteiger partial charge in [0.15, 0.2) is 5.69 Å². The average molecular weight is 534 g/mol. The zero-order valence-electron chi connectivity index (χ0n) is 18.3. The Labute approximate surface area is 205 Å². The van der Waals surface area contributed by atoms with Gasteiger partial charge in [-0.05, 0) is 43.2 Å². The van der Waals surface area contributed by atoms with E-state index in [2.05, 4.69) is 53.8 Å². The fourth-order valence-electron chi connectivity index (χ4n) is 3.43. The first-order chi connectivity index (χ1) is 15.2. The highest BCUT2D eigenvalue weighted by Gasteiger charge is 2.29. The van der Waals surface area contributed by atoms with E-state index in [1.165, 1.54) is 0 Å². The van der Waals surface area contributed by atoms with Crippen LogP contribution in [0.25, 0.3) is 28.5 Å². The van der Waals surface area contributed by atoms with Crippen LogP contribution in [0, 0.1) is 0 Å². The summed E-state index contributed by atoms with van der Waals surface area (Å²) in [7, 11) is 0. The van der Waals surface area contributed by atoms with Crippen LogP contribution in [-0.2, 0) is 11.8 Å². The van der Waals surface area contributed by atoms with Gasteiger partial charge in [0.05, 0.1) is 16.4 Å². The van der Waals surface area contributed by atoms with Gasteiger partial charge in [0.2, 0.25) is 5.89 Å². The molecule has 4 rings (SSSR count). The molecule has 2 aromatic carbocycles. The molecule has 0 unspecified atom stereocenters. The minimum Gasteiger partial charge on any atom is -0.419 e. The number of halogens is 3. The van der Waals surface area contributed by atoms with E-state index in [4.69, 9.17) is 32.7 Å². The molecule has 0 saturated carbocycles. The molecule has 8 heteroatoms. The van der Waals surface area contributed by atoms with E-state index in [9.17, 15) is 0 Å². The second-order valence-electron chi connectivity index (χ2n) is 8.19. The summed E-state index contributed by atoms with van der Waals surface area (Å²) in [6.45, 7) is 8.36. The smallest absolute Gasteiger partial charge is 0.268 e. The predicted molar refractivity (Wildman–Crippen MR) is 133 cm³/mol. The maximum Gasteiger partial charge on any atom is 0.268 e. The summed E-state index contributed by atoms with van der Waals surface area (Å²) in [5.41, 5.74) is 4.10. The number of hydrogen-bond donors (Lipinski definition) is 0. The van der Waals surface area contributed by atoms with Gasteiger partial charge in [-0.3, -0.25) is 0 Å². The summed E-state index contributed by atoms with van der Waals surface area (Å²) in [6, 6.07) is 13.5. The molecule has 5 nitrogen and oxygen atoms in total. The minimum absolute atomic E-state index is 0.214. The summed E-state index contributed by atoms with van der Waals surface area (Å²) in [4.78, 5) is 0. The second kappa shape index (κ2) is 9.00. The van der Waals surface area contributed by atoms with Crippen LogP contribution in [-0.4, -0.2) is 20.0 Å². The van der Waals surface area contributed by atoms with Crippen molar-refractivity contribution in [2.75, 3.05) is 0 Å². The molecule has 0 saturated heterocycles. The molecule has 0 fully saturated rings. The van der Waals surface area contributed by atoms with Crippen molar-refractivity contribution in [3.63, 3.8) is 0 Å². The minimum atomic E-state index is -0.214. The van der Waals surface area contributed by atoms with Crippen molar-refractivity contribution in [1.82, 2.24) is 20.0 Å². The summed E-state index contributed by atoms with van der Waals surface area (Å²) < 4.78 is 8.95. The topological polar surface area (TPSA) is 56.7 Å². The molecule has 166 valence electrons. The lowest BCUT2D eigenvalue weighted by molar-refractivity contribution is 0.364. The van der Waals surface area contributed by atoms with E-state index >= 15 is 0 Å². The Bertz CT molecular complexity index is 1260. The van der Waals surface area contributed by atoms with Crippen molar-refractivity contribution in [3.05, 3.63) is 68.4 Å². The highest BCUT2D eigenvalue weighted by molar-refractivity contribution is 9.10. The summed E-state index contributed by atoms with van der Waals surface area (Å²) in [6.07, 6.45) is 1.61. The lowest BCUT2D eigenvalue weighted by Gasteiger charge is -2.16. The van der Waals surface area contributed by atoms with Crippen molar-refractivity contribution >= 4 is 39.1 Å². The van der Waals surface area contributed by atoms with Gasteiger partial charge >= 0.3 is 0 Å². The molecule has 0 amide bonds. The van der Waals surface area contributed by atoms with E-state index in [-0.39, 0.29) is 5.41 Å². The van der Waals surface area contributed by atoms with Crippen molar-refractivity contribution in [1.29, 1.82) is 0 Å². The quantitative estimate of drug-likeness (QED) is 0.252. The number of rotatable bonds is 6. The van der Waals surface area contributed by atoms with Crippen molar-refractivity contribution < 1.29 is 4.42 Å². The van der Waals surface area contributed by atoms with E-state index < -0.39 is 0 Å². The van der Waals surface area contributed by atoms with E-state index in [1.807, 2.05) is 35.0 Å². The molecule has 0 aliphatic carbocycles. The molecule has 0 bridgehead atoms. The monoisotopic (exact) mass is 532 g/mol. The maximum atomic E-state index is 6.58. The molecule has 0 radical (unpaired) electrons. The first kappa shape index (κ1) is 23.0. The SMILES string of the molecule is CCc1c(-c2nnc(C(C)(C)CC)o2)nn(-c2ccc(Cl)cc2Cl)c1-c1ccc(Br)cc1. The fourth-order valence-corrected chi connectivity index (χ4v) is 4.19. The molecule has 0 atom stereocenters. The van der Waals surface area contributed by atoms with Gasteiger partial charge in [0.25, 0.3) is 5.89 Å². The van der Waals surface area contributed by atoms with Gasteiger partial charge in [0, 0.05) is 26.0 Å². The fraction of sp³-hybridized carbons (Fsp3) is 0.292. The number of aromatic nitrogens is 4. The first-order valence-electron chi connectivity index (χ1n) is 10.4. The van der Waals surface area contributed by atoms with Crippen LogP contribution in [0.5, 0.6) is 0 Å². The van der Waals surface area contributed by atoms with Gasteiger partial charge < -0.3 is 4.42 Å². The Hall–Kier alpha value is -2.15. The van der Waals surface area contributed by atoms with Crippen LogP contribution in [0.2, 0.25) is 10.0 Å². The molecule has 0 N–H and O–H groups in total. The summed E-state index contributed by atoms with van der Waals surface area (Å²) in [5, 5.41) is 14.7. The van der Waals surface area contributed by atoms with Gasteiger partial charge in [0.1, 0.15) is 0 Å². The molecular weight excluding hydrogens is 511 g/mol. The highest BCUT2D eigenvalue weighted by Crippen LogP contribution is 2.38. The third-order valence-corrected chi connectivity index (χ3v) is 6.75. The van der Waals surface area contributed by atoms with Crippen LogP contribution in [0.4, 0.5) is 0 Å². The Balaban J connectivity index is 1.97. The summed E-state index contributed by atoms with van der Waals surface area (Å²) >= 11 is 16.2. The lowest BCUT2D eigenvalue weighted by Crippen LogP contribution is -2.15. The Kier molecular flexibility index (Phi) is 6.48. The highest BCUT2D eigenvalue weighted by atomic mass is 79.9. The standard InChI is InChI=1S/C24H23BrCl2N4O/c1-5-17-20(22-28-29-23(32-22)24(3,4)6-2)30-31(19-12-11-16(26)13-18(19)27)21(17)14-7-9-15(25)10-8-14/h7-13H,5-6H2,1-4H3. The lowest BCUT2D eigenvalue weighted by atomic mass is 9.90. The zero-order valence-corrected chi connectivity index (χ0v) is 21.4. The Morgan fingerprint density at radius 1 is 1.03 bits per heavy atom. The van der Waals surface area contributed by atoms with Gasteiger partial charge in [-0.2, -0.15) is 5.10 Å². The van der Waals surface area contributed by atoms with Crippen molar-refractivity contribution in [2.45, 2.75) is 46.0 Å². The first-order valence-corrected chi connectivity index (χ1v) is 12.0. The van der Waals surface area contributed by atoms with Crippen LogP contribution < -0.4 is 0 Å². The number of benzene rings is 2. The second-order valence-corrected chi connectivity index (χ2v) is 9.95. The third kappa shape index (κ3) is 4.24. The molecule has 0 aliphatic rings. The van der Waals surface area contributed by atoms with Crippen molar-refractivity contribution in [2.24, 2.45) is 0 Å².